The fraction of sp³-hybridized carbons (Fsp3) is 0.286. The van der Waals surface area contributed by atoms with Gasteiger partial charge in [0.15, 0.2) is 5.82 Å². The number of anilines is 1. The molecule has 1 amide bonds. The van der Waals surface area contributed by atoms with Crippen molar-refractivity contribution in [3.63, 3.8) is 0 Å². The zero-order valence-electron chi connectivity index (χ0n) is 16.2. The molecule has 29 heavy (non-hydrogen) atoms. The molecule has 2 heterocycles. The van der Waals surface area contributed by atoms with Gasteiger partial charge in [-0.25, -0.2) is 0 Å². The molecule has 1 radical (unpaired) electrons. The highest BCUT2D eigenvalue weighted by molar-refractivity contribution is 5.85. The molecule has 0 fully saturated rings. The number of hydrogen-bond donors (Lipinski definition) is 2. The highest BCUT2D eigenvalue weighted by atomic mass is 16.1. The largest absolute Gasteiger partial charge is 0.377 e. The molecule has 0 bridgehead atoms. The molecule has 0 saturated heterocycles. The van der Waals surface area contributed by atoms with Crippen LogP contribution in [0.4, 0.5) is 5.69 Å². The van der Waals surface area contributed by atoms with E-state index in [1.54, 1.807) is 16.8 Å². The number of nitrogens with one attached hydrogen (secondary N) is 1. The van der Waals surface area contributed by atoms with Gasteiger partial charge in [-0.3, -0.25) is 9.59 Å². The van der Waals surface area contributed by atoms with Crippen molar-refractivity contribution in [3.05, 3.63) is 65.0 Å². The molecule has 4 rings (SSSR count). The van der Waals surface area contributed by atoms with Crippen molar-refractivity contribution in [1.29, 1.82) is 0 Å². The maximum absolute atomic E-state index is 12.5. The molecule has 1 aliphatic rings. The van der Waals surface area contributed by atoms with Crippen molar-refractivity contribution < 1.29 is 9.59 Å². The van der Waals surface area contributed by atoms with E-state index >= 15 is 0 Å². The number of carbonyl (C=O) groups is 1. The van der Waals surface area contributed by atoms with E-state index in [0.717, 1.165) is 28.3 Å². The first kappa shape index (κ1) is 18.8. The Balaban J connectivity index is 1.79. The lowest BCUT2D eigenvalue weighted by Crippen LogP contribution is -2.46. The van der Waals surface area contributed by atoms with E-state index in [9.17, 15) is 9.59 Å². The van der Waals surface area contributed by atoms with Crippen LogP contribution in [0, 0.1) is 5.41 Å². The van der Waals surface area contributed by atoms with E-state index in [-0.39, 0.29) is 6.04 Å². The van der Waals surface area contributed by atoms with Gasteiger partial charge in [0.05, 0.1) is 17.1 Å². The summed E-state index contributed by atoms with van der Waals surface area (Å²) in [6.45, 7) is 3.83. The highest BCUT2D eigenvalue weighted by Gasteiger charge is 2.44. The van der Waals surface area contributed by atoms with Crippen molar-refractivity contribution in [2.24, 2.45) is 11.1 Å². The average molecular weight is 389 g/mol. The normalized spacial score (nSPS) is 20.6. The Labute approximate surface area is 168 Å². The number of primary amides is 1. The summed E-state index contributed by atoms with van der Waals surface area (Å²) in [6.07, 6.45) is 3.01. The van der Waals surface area contributed by atoms with Crippen LogP contribution in [0.5, 0.6) is 0 Å². The van der Waals surface area contributed by atoms with E-state index in [0.29, 0.717) is 18.4 Å². The van der Waals surface area contributed by atoms with Crippen molar-refractivity contribution in [2.45, 2.75) is 32.7 Å². The van der Waals surface area contributed by atoms with E-state index < -0.39 is 11.3 Å². The Morgan fingerprint density at radius 2 is 2.17 bits per heavy atom. The van der Waals surface area contributed by atoms with Crippen LogP contribution in [0.15, 0.2) is 42.5 Å². The fourth-order valence-corrected chi connectivity index (χ4v) is 3.90. The molecule has 3 N–H and O–H groups in total. The highest BCUT2D eigenvalue weighted by Crippen LogP contribution is 2.45. The quantitative estimate of drug-likeness (QED) is 0.688. The lowest BCUT2D eigenvalue weighted by molar-refractivity contribution is -0.127. The van der Waals surface area contributed by atoms with Crippen molar-refractivity contribution >= 4 is 17.9 Å². The number of benzene rings is 2. The molecular weight excluding hydrogens is 368 g/mol. The monoisotopic (exact) mass is 389 g/mol. The Kier molecular flexibility index (Phi) is 4.62. The second kappa shape index (κ2) is 7.12. The molecule has 1 aromatic heterocycles. The smallest absolute Gasteiger partial charge is 0.233 e. The number of aryl methyl sites for hydroxylation is 1. The SMILES string of the molecule is CCc1nnnn1-c1cccc(C2Nc3ccc([C]=O)cc3CC2(C)C(N)=O)c1. The third-order valence-corrected chi connectivity index (χ3v) is 5.58. The van der Waals surface area contributed by atoms with Crippen LogP contribution in [-0.4, -0.2) is 32.4 Å². The number of tetrazole rings is 1. The number of rotatable bonds is 5. The van der Waals surface area contributed by atoms with E-state index in [1.807, 2.05) is 50.5 Å². The third-order valence-electron chi connectivity index (χ3n) is 5.58. The van der Waals surface area contributed by atoms with Gasteiger partial charge in [-0.15, -0.1) is 5.10 Å². The molecule has 2 unspecified atom stereocenters. The first-order chi connectivity index (χ1) is 14.0. The summed E-state index contributed by atoms with van der Waals surface area (Å²) in [6, 6.07) is 12.7. The molecule has 8 heteroatoms. The molecule has 2 atom stereocenters. The standard InChI is InChI=1S/C21H21N6O2/c1-3-18-24-25-26-27(18)16-6-4-5-14(10-16)19-21(2,20(22)29)11-15-9-13(12-28)7-8-17(15)23-19/h4-10,19,23H,3,11H2,1-2H3,(H2,22,29). The third kappa shape index (κ3) is 3.16. The second-order valence-electron chi connectivity index (χ2n) is 7.47. The summed E-state index contributed by atoms with van der Waals surface area (Å²) in [5, 5.41) is 15.3. The first-order valence-electron chi connectivity index (χ1n) is 9.41. The molecular formula is C21H21N6O2. The van der Waals surface area contributed by atoms with Crippen LogP contribution in [0.2, 0.25) is 0 Å². The average Bonchev–Trinajstić information content (AvgIpc) is 3.21. The molecule has 3 aromatic rings. The predicted molar refractivity (Wildman–Crippen MR) is 107 cm³/mol. The van der Waals surface area contributed by atoms with Crippen LogP contribution in [0.3, 0.4) is 0 Å². The predicted octanol–water partition coefficient (Wildman–Crippen LogP) is 1.88. The van der Waals surface area contributed by atoms with Gasteiger partial charge < -0.3 is 11.1 Å². The van der Waals surface area contributed by atoms with Crippen LogP contribution in [-0.2, 0) is 22.4 Å². The number of carbonyl (C=O) groups excluding carboxylic acids is 2. The molecule has 0 aliphatic carbocycles. The van der Waals surface area contributed by atoms with Gasteiger partial charge in [-0.1, -0.05) is 19.1 Å². The number of nitrogens with zero attached hydrogens (tertiary/aromatic N) is 4. The summed E-state index contributed by atoms with van der Waals surface area (Å²) in [5.74, 6) is 0.336. The van der Waals surface area contributed by atoms with Gasteiger partial charge in [-0.05, 0) is 65.2 Å². The van der Waals surface area contributed by atoms with Crippen LogP contribution in [0.1, 0.15) is 42.4 Å². The van der Waals surface area contributed by atoms with Gasteiger partial charge in [0.1, 0.15) is 0 Å². The minimum atomic E-state index is -0.888. The van der Waals surface area contributed by atoms with Crippen molar-refractivity contribution in [2.75, 3.05) is 5.32 Å². The molecule has 0 spiro atoms. The van der Waals surface area contributed by atoms with Crippen molar-refractivity contribution in [1.82, 2.24) is 20.2 Å². The molecule has 1 aliphatic heterocycles. The summed E-state index contributed by atoms with van der Waals surface area (Å²) < 4.78 is 1.69. The fourth-order valence-electron chi connectivity index (χ4n) is 3.90. The lowest BCUT2D eigenvalue weighted by Gasteiger charge is -2.41. The maximum atomic E-state index is 12.5. The molecule has 2 aromatic carbocycles. The van der Waals surface area contributed by atoms with Gasteiger partial charge in [0.25, 0.3) is 0 Å². The maximum Gasteiger partial charge on any atom is 0.233 e. The summed E-state index contributed by atoms with van der Waals surface area (Å²) in [7, 11) is 0. The summed E-state index contributed by atoms with van der Waals surface area (Å²) in [5.41, 5.74) is 8.86. The second-order valence-corrected chi connectivity index (χ2v) is 7.47. The van der Waals surface area contributed by atoms with Crippen LogP contribution < -0.4 is 11.1 Å². The number of fused-ring (bicyclic) bond motifs is 1. The van der Waals surface area contributed by atoms with Gasteiger partial charge in [0, 0.05) is 17.7 Å². The number of nitrogens with two attached hydrogens (primary N) is 1. The minimum Gasteiger partial charge on any atom is -0.377 e. The Morgan fingerprint density at radius 3 is 2.90 bits per heavy atom. The van der Waals surface area contributed by atoms with Gasteiger partial charge in [0.2, 0.25) is 12.2 Å². The zero-order valence-corrected chi connectivity index (χ0v) is 16.2. The van der Waals surface area contributed by atoms with Gasteiger partial charge in [-0.2, -0.15) is 4.68 Å². The summed E-state index contributed by atoms with van der Waals surface area (Å²) >= 11 is 0. The van der Waals surface area contributed by atoms with E-state index in [1.165, 1.54) is 0 Å². The van der Waals surface area contributed by atoms with Crippen LogP contribution >= 0.6 is 0 Å². The number of hydrogen-bond acceptors (Lipinski definition) is 6. The molecule has 8 nitrogen and oxygen atoms in total. The van der Waals surface area contributed by atoms with Crippen molar-refractivity contribution in [3.8, 4) is 5.69 Å². The Hall–Kier alpha value is -3.55. The Morgan fingerprint density at radius 1 is 1.34 bits per heavy atom. The summed E-state index contributed by atoms with van der Waals surface area (Å²) in [4.78, 5) is 23.5. The number of aromatic nitrogens is 4. The van der Waals surface area contributed by atoms with Crippen LogP contribution in [0.25, 0.3) is 5.69 Å². The first-order valence-corrected chi connectivity index (χ1v) is 9.41. The Bertz CT molecular complexity index is 1090. The molecule has 0 saturated carbocycles. The van der Waals surface area contributed by atoms with E-state index in [2.05, 4.69) is 20.8 Å². The lowest BCUT2D eigenvalue weighted by atomic mass is 9.70. The topological polar surface area (TPSA) is 116 Å². The van der Waals surface area contributed by atoms with E-state index in [4.69, 9.17) is 5.73 Å². The molecule has 147 valence electrons. The van der Waals surface area contributed by atoms with Gasteiger partial charge >= 0.3 is 0 Å². The number of amides is 1. The zero-order chi connectivity index (χ0) is 20.6. The minimum absolute atomic E-state index is 0.347.